The molecule has 0 aromatic rings. The molecule has 1 aliphatic heterocycles. The van der Waals surface area contributed by atoms with Crippen molar-refractivity contribution in [3.05, 3.63) is 0 Å². The Labute approximate surface area is 117 Å². The lowest BCUT2D eigenvalue weighted by Gasteiger charge is -2.44. The number of nitrogens with one attached hydrogen (secondary N) is 1. The minimum Gasteiger partial charge on any atom is -0.480 e. The van der Waals surface area contributed by atoms with Crippen LogP contribution in [0.3, 0.4) is 0 Å². The highest BCUT2D eigenvalue weighted by atomic mass is 16.4. The van der Waals surface area contributed by atoms with Gasteiger partial charge >= 0.3 is 5.97 Å². The minimum absolute atomic E-state index is 0.163. The first-order valence-electron chi connectivity index (χ1n) is 7.41. The third-order valence-electron chi connectivity index (χ3n) is 4.32. The molecule has 0 aromatic heterocycles. The standard InChI is InChI=1S/C15H30N2O2/c1-10(2)16-15(6,14(18)19)9-17-8-11(3)7-12(4)13(17)5/h10-13,16H,7-9H2,1-6H3,(H,18,19). The van der Waals surface area contributed by atoms with Gasteiger partial charge in [-0.3, -0.25) is 15.0 Å². The van der Waals surface area contributed by atoms with Crippen molar-refractivity contribution < 1.29 is 9.90 Å². The van der Waals surface area contributed by atoms with Gasteiger partial charge in [0, 0.05) is 25.2 Å². The Morgan fingerprint density at radius 1 is 1.42 bits per heavy atom. The molecule has 1 rings (SSSR count). The molecule has 4 unspecified atom stereocenters. The van der Waals surface area contributed by atoms with Gasteiger partial charge in [-0.1, -0.05) is 13.8 Å². The molecule has 4 heteroatoms. The average Bonchev–Trinajstić information content (AvgIpc) is 2.23. The van der Waals surface area contributed by atoms with E-state index < -0.39 is 11.5 Å². The predicted octanol–water partition coefficient (Wildman–Crippen LogP) is 2.19. The maximum atomic E-state index is 11.6. The van der Waals surface area contributed by atoms with E-state index in [0.29, 0.717) is 24.4 Å². The van der Waals surface area contributed by atoms with Crippen molar-refractivity contribution in [3.63, 3.8) is 0 Å². The zero-order valence-corrected chi connectivity index (χ0v) is 13.2. The van der Waals surface area contributed by atoms with Crippen molar-refractivity contribution in [2.75, 3.05) is 13.1 Å². The van der Waals surface area contributed by atoms with Crippen molar-refractivity contribution in [3.8, 4) is 0 Å². The quantitative estimate of drug-likeness (QED) is 0.804. The van der Waals surface area contributed by atoms with Gasteiger partial charge in [0.25, 0.3) is 0 Å². The molecule has 0 aromatic carbocycles. The van der Waals surface area contributed by atoms with Gasteiger partial charge in [0.1, 0.15) is 5.54 Å². The topological polar surface area (TPSA) is 52.6 Å². The molecule has 1 fully saturated rings. The van der Waals surface area contributed by atoms with Gasteiger partial charge in [0.15, 0.2) is 0 Å². The Kier molecular flexibility index (Phi) is 5.39. The molecule has 0 aliphatic carbocycles. The van der Waals surface area contributed by atoms with Crippen molar-refractivity contribution >= 4 is 5.97 Å². The molecular formula is C15H30N2O2. The average molecular weight is 270 g/mol. The molecule has 1 heterocycles. The summed E-state index contributed by atoms with van der Waals surface area (Å²) in [7, 11) is 0. The number of hydrogen-bond acceptors (Lipinski definition) is 3. The summed E-state index contributed by atoms with van der Waals surface area (Å²) in [4.78, 5) is 13.9. The molecule has 0 radical (unpaired) electrons. The van der Waals surface area contributed by atoms with Gasteiger partial charge in [0.2, 0.25) is 0 Å². The Bertz CT molecular complexity index is 319. The van der Waals surface area contributed by atoms with Gasteiger partial charge in [0.05, 0.1) is 0 Å². The zero-order chi connectivity index (χ0) is 14.8. The normalized spacial score (nSPS) is 32.3. The summed E-state index contributed by atoms with van der Waals surface area (Å²) in [6.45, 7) is 14.1. The van der Waals surface area contributed by atoms with Crippen LogP contribution < -0.4 is 5.32 Å². The van der Waals surface area contributed by atoms with Crippen LogP contribution in [0.2, 0.25) is 0 Å². The monoisotopic (exact) mass is 270 g/mol. The number of rotatable bonds is 5. The Morgan fingerprint density at radius 3 is 2.47 bits per heavy atom. The highest BCUT2D eigenvalue weighted by Gasteiger charge is 2.39. The highest BCUT2D eigenvalue weighted by Crippen LogP contribution is 2.28. The number of likely N-dealkylation sites (tertiary alicyclic amines) is 1. The van der Waals surface area contributed by atoms with Crippen LogP contribution in [0.4, 0.5) is 0 Å². The Balaban J connectivity index is 2.80. The number of carbonyl (C=O) groups is 1. The predicted molar refractivity (Wildman–Crippen MR) is 78.3 cm³/mol. The molecule has 0 spiro atoms. The first-order chi connectivity index (χ1) is 8.65. The summed E-state index contributed by atoms with van der Waals surface area (Å²) in [6.07, 6.45) is 1.24. The second-order valence-corrected chi connectivity index (χ2v) is 6.92. The van der Waals surface area contributed by atoms with E-state index in [1.54, 1.807) is 6.92 Å². The highest BCUT2D eigenvalue weighted by molar-refractivity contribution is 5.78. The van der Waals surface area contributed by atoms with E-state index in [4.69, 9.17) is 0 Å². The van der Waals surface area contributed by atoms with Crippen LogP contribution in [-0.2, 0) is 4.79 Å². The molecule has 4 atom stereocenters. The van der Waals surface area contributed by atoms with E-state index >= 15 is 0 Å². The number of nitrogens with zero attached hydrogens (tertiary/aromatic N) is 1. The molecule has 112 valence electrons. The first kappa shape index (κ1) is 16.4. The fourth-order valence-corrected chi connectivity index (χ4v) is 3.26. The summed E-state index contributed by atoms with van der Waals surface area (Å²) >= 11 is 0. The largest absolute Gasteiger partial charge is 0.480 e. The van der Waals surface area contributed by atoms with Crippen LogP contribution in [-0.4, -0.2) is 46.7 Å². The summed E-state index contributed by atoms with van der Waals surface area (Å²) < 4.78 is 0. The number of piperidine rings is 1. The third-order valence-corrected chi connectivity index (χ3v) is 4.32. The van der Waals surface area contributed by atoms with Crippen LogP contribution >= 0.6 is 0 Å². The SMILES string of the molecule is CC1CC(C)C(C)N(CC(C)(NC(C)C)C(=O)O)C1. The van der Waals surface area contributed by atoms with E-state index in [-0.39, 0.29) is 6.04 Å². The number of hydrogen-bond donors (Lipinski definition) is 2. The van der Waals surface area contributed by atoms with E-state index in [2.05, 4.69) is 31.0 Å². The third kappa shape index (κ3) is 4.18. The molecular weight excluding hydrogens is 240 g/mol. The molecule has 4 nitrogen and oxygen atoms in total. The zero-order valence-electron chi connectivity index (χ0n) is 13.2. The van der Waals surface area contributed by atoms with Crippen LogP contribution in [0.1, 0.15) is 48.0 Å². The van der Waals surface area contributed by atoms with Gasteiger partial charge < -0.3 is 5.11 Å². The summed E-state index contributed by atoms with van der Waals surface area (Å²) in [6, 6.07) is 0.611. The molecule has 0 amide bonds. The second kappa shape index (κ2) is 6.23. The Hall–Kier alpha value is -0.610. The number of aliphatic carboxylic acids is 1. The van der Waals surface area contributed by atoms with Gasteiger partial charge in [-0.15, -0.1) is 0 Å². The number of carboxylic acid groups (broad SMARTS) is 1. The second-order valence-electron chi connectivity index (χ2n) is 6.92. The van der Waals surface area contributed by atoms with Gasteiger partial charge in [-0.05, 0) is 46.0 Å². The number of carboxylic acids is 1. The van der Waals surface area contributed by atoms with Crippen LogP contribution in [0.15, 0.2) is 0 Å². The molecule has 0 saturated carbocycles. The van der Waals surface area contributed by atoms with Crippen molar-refractivity contribution in [1.29, 1.82) is 0 Å². The lowest BCUT2D eigenvalue weighted by atomic mass is 9.84. The van der Waals surface area contributed by atoms with Crippen LogP contribution in [0.5, 0.6) is 0 Å². The summed E-state index contributed by atoms with van der Waals surface area (Å²) in [5, 5.41) is 12.8. The molecule has 2 N–H and O–H groups in total. The van der Waals surface area contributed by atoms with Crippen LogP contribution in [0.25, 0.3) is 0 Å². The van der Waals surface area contributed by atoms with E-state index in [1.807, 2.05) is 13.8 Å². The molecule has 0 bridgehead atoms. The lowest BCUT2D eigenvalue weighted by molar-refractivity contribution is -0.146. The lowest BCUT2D eigenvalue weighted by Crippen LogP contribution is -2.61. The van der Waals surface area contributed by atoms with Gasteiger partial charge in [-0.2, -0.15) is 0 Å². The maximum absolute atomic E-state index is 11.6. The van der Waals surface area contributed by atoms with E-state index in [1.165, 1.54) is 6.42 Å². The van der Waals surface area contributed by atoms with Crippen molar-refractivity contribution in [2.24, 2.45) is 11.8 Å². The van der Waals surface area contributed by atoms with Crippen LogP contribution in [0, 0.1) is 11.8 Å². The molecule has 19 heavy (non-hydrogen) atoms. The minimum atomic E-state index is -0.876. The van der Waals surface area contributed by atoms with E-state index in [0.717, 1.165) is 6.54 Å². The molecule has 1 aliphatic rings. The van der Waals surface area contributed by atoms with Crippen molar-refractivity contribution in [1.82, 2.24) is 10.2 Å². The fourth-order valence-electron chi connectivity index (χ4n) is 3.26. The summed E-state index contributed by atoms with van der Waals surface area (Å²) in [5.74, 6) is 0.503. The van der Waals surface area contributed by atoms with Crippen molar-refractivity contribution in [2.45, 2.75) is 65.6 Å². The Morgan fingerprint density at radius 2 is 2.00 bits per heavy atom. The van der Waals surface area contributed by atoms with E-state index in [9.17, 15) is 9.90 Å². The van der Waals surface area contributed by atoms with Gasteiger partial charge in [-0.25, -0.2) is 0 Å². The molecule has 1 saturated heterocycles. The fraction of sp³-hybridized carbons (Fsp3) is 0.933. The first-order valence-corrected chi connectivity index (χ1v) is 7.41. The summed E-state index contributed by atoms with van der Waals surface area (Å²) in [5.41, 5.74) is -0.876. The maximum Gasteiger partial charge on any atom is 0.324 e. The smallest absolute Gasteiger partial charge is 0.324 e.